The van der Waals surface area contributed by atoms with Crippen LogP contribution >= 0.6 is 11.3 Å². The van der Waals surface area contributed by atoms with E-state index in [1.807, 2.05) is 0 Å². The van der Waals surface area contributed by atoms with Crippen LogP contribution in [0.5, 0.6) is 5.75 Å². The first-order valence-corrected chi connectivity index (χ1v) is 13.5. The molecule has 5 rings (SSSR count). The van der Waals surface area contributed by atoms with Crippen molar-refractivity contribution in [1.82, 2.24) is 9.97 Å². The highest BCUT2D eigenvalue weighted by molar-refractivity contribution is 7.93. The number of sulfonamides is 1. The normalized spacial score (nSPS) is 11.5. The molecule has 192 valence electrons. The molecule has 0 saturated heterocycles. The number of anilines is 1. The minimum absolute atomic E-state index is 0.0332. The van der Waals surface area contributed by atoms with Crippen LogP contribution in [-0.4, -0.2) is 41.8 Å². The fourth-order valence-electron chi connectivity index (χ4n) is 3.90. The molecule has 0 spiro atoms. The molecule has 0 fully saturated rings. The van der Waals surface area contributed by atoms with E-state index in [0.29, 0.717) is 27.2 Å². The second-order valence-corrected chi connectivity index (χ2v) is 11.2. The second kappa shape index (κ2) is 10.1. The Morgan fingerprint density at radius 1 is 1.08 bits per heavy atom. The topological polar surface area (TPSA) is 160 Å². The van der Waals surface area contributed by atoms with Crippen molar-refractivity contribution < 1.29 is 23.1 Å². The lowest BCUT2D eigenvalue weighted by atomic mass is 10.2. The summed E-state index contributed by atoms with van der Waals surface area (Å²) in [5.74, 6) is -0.753. The van der Waals surface area contributed by atoms with Gasteiger partial charge in [0.25, 0.3) is 10.0 Å². The molecule has 12 heteroatoms. The number of carbonyl (C=O) groups is 1. The van der Waals surface area contributed by atoms with Crippen molar-refractivity contribution in [1.29, 1.82) is 5.41 Å². The number of nitrogen functional groups attached to an aromatic ring is 1. The molecule has 0 aliphatic heterocycles. The Labute approximate surface area is 221 Å². The van der Waals surface area contributed by atoms with E-state index >= 15 is 0 Å². The molecule has 0 aliphatic carbocycles. The number of aliphatic carboxylic acids is 1. The predicted octanol–water partition coefficient (Wildman–Crippen LogP) is 3.99. The summed E-state index contributed by atoms with van der Waals surface area (Å²) in [5.41, 5.74) is 7.01. The third kappa shape index (κ3) is 4.99. The fraction of sp³-hybridized carbons (Fsp3) is 0.0769. The van der Waals surface area contributed by atoms with Crippen LogP contribution in [0.3, 0.4) is 0 Å². The second-order valence-electron chi connectivity index (χ2n) is 8.22. The summed E-state index contributed by atoms with van der Waals surface area (Å²) in [6.45, 7) is -0.597. The van der Waals surface area contributed by atoms with Gasteiger partial charge < -0.3 is 15.6 Å². The third-order valence-electron chi connectivity index (χ3n) is 5.67. The van der Waals surface area contributed by atoms with E-state index in [4.69, 9.17) is 15.9 Å². The van der Waals surface area contributed by atoms with Crippen LogP contribution < -0.4 is 14.8 Å². The first-order chi connectivity index (χ1) is 18.2. The maximum atomic E-state index is 13.7. The minimum atomic E-state index is -4.28. The van der Waals surface area contributed by atoms with E-state index in [1.54, 1.807) is 66.7 Å². The number of hydrogen-bond donors (Lipinski definition) is 3. The average Bonchev–Trinajstić information content (AvgIpc) is 3.32. The van der Waals surface area contributed by atoms with E-state index in [2.05, 4.69) is 9.97 Å². The number of thiazole rings is 1. The number of benzene rings is 3. The zero-order chi connectivity index (χ0) is 26.9. The molecule has 0 radical (unpaired) electrons. The van der Waals surface area contributed by atoms with E-state index in [9.17, 15) is 18.3 Å². The van der Waals surface area contributed by atoms with Crippen molar-refractivity contribution in [3.05, 3.63) is 89.6 Å². The number of carboxylic acid groups (broad SMARTS) is 1. The molecule has 4 N–H and O–H groups in total. The van der Waals surface area contributed by atoms with E-state index in [1.165, 1.54) is 23.6 Å². The molecule has 10 nitrogen and oxygen atoms in total. The summed E-state index contributed by atoms with van der Waals surface area (Å²) in [7, 11) is -4.28. The molecule has 38 heavy (non-hydrogen) atoms. The van der Waals surface area contributed by atoms with Crippen LogP contribution in [0.2, 0.25) is 0 Å². The van der Waals surface area contributed by atoms with Gasteiger partial charge in [-0.2, -0.15) is 0 Å². The first kappa shape index (κ1) is 25.1. The van der Waals surface area contributed by atoms with Gasteiger partial charge in [0.1, 0.15) is 34.6 Å². The van der Waals surface area contributed by atoms with Crippen molar-refractivity contribution in [3.63, 3.8) is 0 Å². The number of hydrogen-bond acceptors (Lipinski definition) is 8. The highest BCUT2D eigenvalue weighted by Gasteiger charge is 2.29. The molecular weight excluding hydrogens is 526 g/mol. The van der Waals surface area contributed by atoms with Gasteiger partial charge in [0, 0.05) is 17.1 Å². The van der Waals surface area contributed by atoms with Crippen LogP contribution in [0.1, 0.15) is 10.6 Å². The Balaban J connectivity index is 1.46. The molecule has 0 bridgehead atoms. The standard InChI is InChI=1S/C26H21N5O5S2/c27-26(28)17-6-9-19(10-7-17)36-15-23-30-20-13-18(8-11-21(20)37-23)31(14-24(32)33)38(34,35)22-5-1-3-16-4-2-12-29-25(16)22/h1-13H,14-15H2,(H3,27,28)(H,32,33). The molecule has 0 saturated carbocycles. The molecule has 3 aromatic carbocycles. The number of aromatic nitrogens is 2. The van der Waals surface area contributed by atoms with Gasteiger partial charge >= 0.3 is 5.97 Å². The van der Waals surface area contributed by atoms with Crippen molar-refractivity contribution in [2.45, 2.75) is 11.5 Å². The summed E-state index contributed by atoms with van der Waals surface area (Å²) in [6.07, 6.45) is 1.49. The van der Waals surface area contributed by atoms with Crippen LogP contribution in [0.25, 0.3) is 21.1 Å². The quantitative estimate of drug-likeness (QED) is 0.184. The number of fused-ring (bicyclic) bond motifs is 2. The van der Waals surface area contributed by atoms with E-state index in [0.717, 1.165) is 9.01 Å². The molecule has 0 aliphatic rings. The van der Waals surface area contributed by atoms with Gasteiger partial charge in [-0.05, 0) is 54.6 Å². The number of ether oxygens (including phenoxy) is 1. The summed E-state index contributed by atoms with van der Waals surface area (Å²) >= 11 is 1.38. The van der Waals surface area contributed by atoms with Gasteiger partial charge in [-0.1, -0.05) is 18.2 Å². The SMILES string of the molecule is N=C(N)c1ccc(OCc2nc3cc(N(CC(=O)O)S(=O)(=O)c4cccc5cccnc45)ccc3s2)cc1. The molecule has 0 unspecified atom stereocenters. The Morgan fingerprint density at radius 2 is 1.84 bits per heavy atom. The van der Waals surface area contributed by atoms with E-state index < -0.39 is 22.5 Å². The van der Waals surface area contributed by atoms with Gasteiger partial charge in [-0.25, -0.2) is 13.4 Å². The van der Waals surface area contributed by atoms with Gasteiger partial charge in [-0.15, -0.1) is 11.3 Å². The monoisotopic (exact) mass is 547 g/mol. The molecule has 2 heterocycles. The summed E-state index contributed by atoms with van der Waals surface area (Å²) < 4.78 is 34.9. The maximum Gasteiger partial charge on any atom is 0.324 e. The smallest absolute Gasteiger partial charge is 0.324 e. The number of amidine groups is 1. The Bertz CT molecular complexity index is 1780. The van der Waals surface area contributed by atoms with Gasteiger partial charge in [0.05, 0.1) is 21.4 Å². The van der Waals surface area contributed by atoms with Crippen LogP contribution in [0, 0.1) is 5.41 Å². The number of pyridine rings is 1. The highest BCUT2D eigenvalue weighted by Crippen LogP contribution is 2.32. The van der Waals surface area contributed by atoms with Gasteiger partial charge in [0.15, 0.2) is 0 Å². The summed E-state index contributed by atoms with van der Waals surface area (Å²) in [6, 6.07) is 19.8. The van der Waals surface area contributed by atoms with Crippen LogP contribution in [0.4, 0.5) is 5.69 Å². The van der Waals surface area contributed by atoms with Crippen molar-refractivity contribution in [2.24, 2.45) is 5.73 Å². The van der Waals surface area contributed by atoms with Crippen LogP contribution in [0.15, 0.2) is 83.9 Å². The average molecular weight is 548 g/mol. The van der Waals surface area contributed by atoms with Gasteiger partial charge in [-0.3, -0.25) is 19.5 Å². The molecule has 0 amide bonds. The lowest BCUT2D eigenvalue weighted by Crippen LogP contribution is -2.35. The molecular formula is C26H21N5O5S2. The maximum absolute atomic E-state index is 13.7. The largest absolute Gasteiger partial charge is 0.486 e. The highest BCUT2D eigenvalue weighted by atomic mass is 32.2. The van der Waals surface area contributed by atoms with Crippen molar-refractivity contribution in [3.8, 4) is 5.75 Å². The zero-order valence-electron chi connectivity index (χ0n) is 19.7. The molecule has 0 atom stereocenters. The number of nitrogens with zero attached hydrogens (tertiary/aromatic N) is 3. The van der Waals surface area contributed by atoms with Crippen LogP contribution in [-0.2, 0) is 21.4 Å². The number of nitrogens with one attached hydrogen (secondary N) is 1. The lowest BCUT2D eigenvalue weighted by molar-refractivity contribution is -0.135. The van der Waals surface area contributed by atoms with E-state index in [-0.39, 0.29) is 28.5 Å². The lowest BCUT2D eigenvalue weighted by Gasteiger charge is -2.23. The summed E-state index contributed by atoms with van der Waals surface area (Å²) in [4.78, 5) is 20.4. The number of nitrogens with two attached hydrogens (primary N) is 1. The number of para-hydroxylation sites is 1. The number of rotatable bonds is 9. The van der Waals surface area contributed by atoms with Crippen molar-refractivity contribution >= 4 is 60.0 Å². The Morgan fingerprint density at radius 3 is 2.58 bits per heavy atom. The fourth-order valence-corrected chi connectivity index (χ4v) is 6.33. The number of carboxylic acids is 1. The zero-order valence-corrected chi connectivity index (χ0v) is 21.4. The molecule has 5 aromatic rings. The first-order valence-electron chi connectivity index (χ1n) is 11.3. The summed E-state index contributed by atoms with van der Waals surface area (Å²) in [5, 5.41) is 18.3. The molecule has 2 aromatic heterocycles. The predicted molar refractivity (Wildman–Crippen MR) is 145 cm³/mol. The Kier molecular flexibility index (Phi) is 6.66. The Hall–Kier alpha value is -4.55. The van der Waals surface area contributed by atoms with Gasteiger partial charge in [0.2, 0.25) is 0 Å². The minimum Gasteiger partial charge on any atom is -0.486 e. The van der Waals surface area contributed by atoms with Crippen molar-refractivity contribution in [2.75, 3.05) is 10.8 Å². The third-order valence-corrected chi connectivity index (χ3v) is 8.49.